The van der Waals surface area contributed by atoms with Crippen LogP contribution in [0.1, 0.15) is 25.8 Å². The molecule has 0 aliphatic rings. The molecule has 0 aliphatic heterocycles. The van der Waals surface area contributed by atoms with Gasteiger partial charge in [0.1, 0.15) is 11.7 Å². The molecule has 0 saturated heterocycles. The molecule has 0 aromatic heterocycles. The van der Waals surface area contributed by atoms with E-state index in [2.05, 4.69) is 29.0 Å². The highest BCUT2D eigenvalue weighted by molar-refractivity contribution is 5.80. The van der Waals surface area contributed by atoms with E-state index in [0.29, 0.717) is 5.84 Å². The first-order valence-electron chi connectivity index (χ1n) is 6.10. The number of allylic oxidation sites excluding steroid dienone is 2. The fraction of sp³-hybridized carbons (Fsp3) is 0.267. The minimum absolute atomic E-state index is 0.614. The van der Waals surface area contributed by atoms with E-state index in [1.54, 1.807) is 0 Å². The lowest BCUT2D eigenvalue weighted by Gasteiger charge is -2.08. The van der Waals surface area contributed by atoms with Crippen LogP contribution in [-0.4, -0.2) is 5.84 Å². The Balaban J connectivity index is 2.71. The second-order valence-electron chi connectivity index (χ2n) is 4.17. The molecule has 0 spiro atoms. The molecular formula is C15H21N3. The van der Waals surface area contributed by atoms with E-state index < -0.39 is 0 Å². The molecule has 0 heterocycles. The number of aliphatic imine (C=N–C) groups is 1. The first-order valence-corrected chi connectivity index (χ1v) is 6.10. The number of benzene rings is 1. The lowest BCUT2D eigenvalue weighted by Crippen LogP contribution is -2.16. The van der Waals surface area contributed by atoms with E-state index in [1.807, 2.05) is 38.1 Å². The molecule has 0 saturated carbocycles. The molecule has 0 aliphatic carbocycles. The van der Waals surface area contributed by atoms with Crippen LogP contribution in [0.4, 0.5) is 0 Å². The summed E-state index contributed by atoms with van der Waals surface area (Å²) in [5.41, 5.74) is 7.90. The van der Waals surface area contributed by atoms with Gasteiger partial charge in [-0.3, -0.25) is 0 Å². The Labute approximate surface area is 109 Å². The van der Waals surface area contributed by atoms with Gasteiger partial charge in [-0.1, -0.05) is 49.4 Å². The van der Waals surface area contributed by atoms with Crippen molar-refractivity contribution >= 4 is 5.84 Å². The number of nitrogens with two attached hydrogens (primary N) is 1. The highest BCUT2D eigenvalue weighted by Crippen LogP contribution is 2.03. The lowest BCUT2D eigenvalue weighted by molar-refractivity contribution is 0.797. The van der Waals surface area contributed by atoms with Crippen LogP contribution in [0.2, 0.25) is 0 Å². The molecular weight excluding hydrogens is 222 g/mol. The van der Waals surface area contributed by atoms with Gasteiger partial charge < -0.3 is 11.1 Å². The summed E-state index contributed by atoms with van der Waals surface area (Å²) in [6, 6.07) is 10.2. The Morgan fingerprint density at radius 1 is 1.39 bits per heavy atom. The average molecular weight is 243 g/mol. The zero-order valence-corrected chi connectivity index (χ0v) is 11.1. The van der Waals surface area contributed by atoms with Crippen molar-refractivity contribution < 1.29 is 0 Å². The minimum Gasteiger partial charge on any atom is -0.387 e. The van der Waals surface area contributed by atoms with Crippen LogP contribution in [0.15, 0.2) is 59.4 Å². The molecule has 1 aromatic carbocycles. The van der Waals surface area contributed by atoms with E-state index in [0.717, 1.165) is 24.4 Å². The standard InChI is InChI=1S/C15H21N3/c1-4-14(16)18-15(10-12(2)3)17-11-13-8-6-5-7-9-13/h5-10,17H,2,4,11H2,1,3H3,(H2,16,18)/b15-10-. The zero-order valence-electron chi connectivity index (χ0n) is 11.1. The summed E-state index contributed by atoms with van der Waals surface area (Å²) >= 11 is 0. The van der Waals surface area contributed by atoms with Crippen LogP contribution in [0.25, 0.3) is 0 Å². The van der Waals surface area contributed by atoms with E-state index in [-0.39, 0.29) is 0 Å². The molecule has 1 rings (SSSR count). The topological polar surface area (TPSA) is 50.4 Å². The summed E-state index contributed by atoms with van der Waals surface area (Å²) in [7, 11) is 0. The number of rotatable bonds is 6. The van der Waals surface area contributed by atoms with E-state index in [1.165, 1.54) is 5.56 Å². The molecule has 18 heavy (non-hydrogen) atoms. The van der Waals surface area contributed by atoms with Gasteiger partial charge in [0, 0.05) is 13.0 Å². The molecule has 1 aromatic rings. The Bertz CT molecular complexity index is 444. The number of hydrogen-bond acceptors (Lipinski definition) is 2. The Hall–Kier alpha value is -2.03. The SMILES string of the molecule is C=C(C)/C=C(\N=C(N)CC)NCc1ccccc1. The normalized spacial score (nSPS) is 12.3. The zero-order chi connectivity index (χ0) is 13.4. The summed E-state index contributed by atoms with van der Waals surface area (Å²) in [5.74, 6) is 1.37. The Kier molecular flexibility index (Phi) is 5.71. The minimum atomic E-state index is 0.614. The first-order chi connectivity index (χ1) is 8.61. The fourth-order valence-corrected chi connectivity index (χ4v) is 1.38. The third-order valence-electron chi connectivity index (χ3n) is 2.33. The maximum Gasteiger partial charge on any atom is 0.128 e. The Morgan fingerprint density at radius 2 is 2.06 bits per heavy atom. The number of amidine groups is 1. The highest BCUT2D eigenvalue weighted by Gasteiger charge is 1.97. The fourth-order valence-electron chi connectivity index (χ4n) is 1.38. The van der Waals surface area contributed by atoms with Crippen molar-refractivity contribution in [3.8, 4) is 0 Å². The van der Waals surface area contributed by atoms with Crippen LogP contribution in [-0.2, 0) is 6.54 Å². The van der Waals surface area contributed by atoms with Gasteiger partial charge in [0.25, 0.3) is 0 Å². The molecule has 0 atom stereocenters. The van der Waals surface area contributed by atoms with E-state index >= 15 is 0 Å². The summed E-state index contributed by atoms with van der Waals surface area (Å²) in [4.78, 5) is 4.33. The van der Waals surface area contributed by atoms with Gasteiger partial charge in [0.15, 0.2) is 0 Å². The van der Waals surface area contributed by atoms with Gasteiger partial charge in [0.05, 0.1) is 0 Å². The summed E-state index contributed by atoms with van der Waals surface area (Å²) in [5, 5.41) is 3.27. The van der Waals surface area contributed by atoms with Gasteiger partial charge >= 0.3 is 0 Å². The maximum atomic E-state index is 5.76. The first kappa shape index (κ1) is 14.0. The van der Waals surface area contributed by atoms with E-state index in [4.69, 9.17) is 5.73 Å². The molecule has 3 nitrogen and oxygen atoms in total. The molecule has 3 N–H and O–H groups in total. The molecule has 0 bridgehead atoms. The van der Waals surface area contributed by atoms with Crippen molar-refractivity contribution in [2.45, 2.75) is 26.8 Å². The predicted octanol–water partition coefficient (Wildman–Crippen LogP) is 2.96. The Morgan fingerprint density at radius 3 is 2.61 bits per heavy atom. The summed E-state index contributed by atoms with van der Waals surface area (Å²) < 4.78 is 0. The molecule has 3 heteroatoms. The number of nitrogens with one attached hydrogen (secondary N) is 1. The van der Waals surface area contributed by atoms with Gasteiger partial charge in [-0.2, -0.15) is 0 Å². The molecule has 0 fully saturated rings. The predicted molar refractivity (Wildman–Crippen MR) is 78.1 cm³/mol. The molecule has 0 unspecified atom stereocenters. The van der Waals surface area contributed by atoms with Gasteiger partial charge in [-0.15, -0.1) is 0 Å². The van der Waals surface area contributed by atoms with Crippen molar-refractivity contribution in [3.05, 3.63) is 59.9 Å². The third kappa shape index (κ3) is 5.34. The second-order valence-corrected chi connectivity index (χ2v) is 4.17. The van der Waals surface area contributed by atoms with Gasteiger partial charge in [0.2, 0.25) is 0 Å². The van der Waals surface area contributed by atoms with Gasteiger partial charge in [-0.25, -0.2) is 4.99 Å². The second kappa shape index (κ2) is 7.33. The smallest absolute Gasteiger partial charge is 0.128 e. The maximum absolute atomic E-state index is 5.76. The summed E-state index contributed by atoms with van der Waals surface area (Å²) in [6.07, 6.45) is 2.63. The van der Waals surface area contributed by atoms with Crippen LogP contribution >= 0.6 is 0 Å². The van der Waals surface area contributed by atoms with Crippen LogP contribution in [0.5, 0.6) is 0 Å². The lowest BCUT2D eigenvalue weighted by atomic mass is 10.2. The molecule has 96 valence electrons. The molecule has 0 amide bonds. The van der Waals surface area contributed by atoms with E-state index in [9.17, 15) is 0 Å². The van der Waals surface area contributed by atoms with Crippen LogP contribution in [0.3, 0.4) is 0 Å². The molecule has 0 radical (unpaired) electrons. The van der Waals surface area contributed by atoms with Crippen molar-refractivity contribution in [2.75, 3.05) is 0 Å². The van der Waals surface area contributed by atoms with Gasteiger partial charge in [-0.05, 0) is 18.6 Å². The van der Waals surface area contributed by atoms with Crippen LogP contribution < -0.4 is 11.1 Å². The number of nitrogens with zero attached hydrogens (tertiary/aromatic N) is 1. The van der Waals surface area contributed by atoms with Crippen LogP contribution in [0, 0.1) is 0 Å². The summed E-state index contributed by atoms with van der Waals surface area (Å²) in [6.45, 7) is 8.49. The third-order valence-corrected chi connectivity index (χ3v) is 2.33. The largest absolute Gasteiger partial charge is 0.387 e. The number of hydrogen-bond donors (Lipinski definition) is 2. The van der Waals surface area contributed by atoms with Crippen molar-refractivity contribution in [3.63, 3.8) is 0 Å². The van der Waals surface area contributed by atoms with Crippen molar-refractivity contribution in [1.29, 1.82) is 0 Å². The van der Waals surface area contributed by atoms with Crippen molar-refractivity contribution in [1.82, 2.24) is 5.32 Å². The van der Waals surface area contributed by atoms with Crippen molar-refractivity contribution in [2.24, 2.45) is 10.7 Å². The quantitative estimate of drug-likeness (QED) is 0.458. The highest BCUT2D eigenvalue weighted by atomic mass is 15.1. The average Bonchev–Trinajstić information content (AvgIpc) is 2.36. The monoisotopic (exact) mass is 243 g/mol.